The van der Waals surface area contributed by atoms with Crippen LogP contribution in [0.4, 0.5) is 0 Å². The molecule has 1 rings (SSSR count). The first-order chi connectivity index (χ1) is 6.54. The van der Waals surface area contributed by atoms with E-state index in [4.69, 9.17) is 0 Å². The topological polar surface area (TPSA) is 65.7 Å². The smallest absolute Gasteiger partial charge is 0.271 e. The molecule has 0 aromatic carbocycles. The van der Waals surface area contributed by atoms with Crippen molar-refractivity contribution >= 4 is 12.2 Å². The first-order valence-electron chi connectivity index (χ1n) is 4.55. The minimum atomic E-state index is -0.265. The summed E-state index contributed by atoms with van der Waals surface area (Å²) in [6, 6.07) is 0. The lowest BCUT2D eigenvalue weighted by Gasteiger charge is -1.93. The SMILES string of the molecule is C/C=c1/[nH]c(=O)/c(=C\C(C)C)[nH]c1=O. The lowest BCUT2D eigenvalue weighted by Crippen LogP contribution is -2.46. The van der Waals surface area contributed by atoms with Crippen molar-refractivity contribution in [2.75, 3.05) is 0 Å². The standard InChI is InChI=1S/C10H14N2O2/c1-4-7-9(13)12-8(5-6(2)3)10(14)11-7/h4-6H,1-3H3,(H,11,14)(H,12,13)/b7-4+,8-5+. The van der Waals surface area contributed by atoms with Gasteiger partial charge in [-0.2, -0.15) is 0 Å². The van der Waals surface area contributed by atoms with Crippen LogP contribution in [0, 0.1) is 5.92 Å². The number of H-pyrrole nitrogens is 2. The van der Waals surface area contributed by atoms with Crippen LogP contribution in [0.2, 0.25) is 0 Å². The van der Waals surface area contributed by atoms with E-state index in [9.17, 15) is 9.59 Å². The van der Waals surface area contributed by atoms with E-state index < -0.39 is 0 Å². The van der Waals surface area contributed by atoms with Gasteiger partial charge in [-0.25, -0.2) is 0 Å². The average molecular weight is 194 g/mol. The van der Waals surface area contributed by atoms with Crippen LogP contribution in [0.1, 0.15) is 20.8 Å². The van der Waals surface area contributed by atoms with Crippen LogP contribution >= 0.6 is 0 Å². The molecular formula is C10H14N2O2. The van der Waals surface area contributed by atoms with Gasteiger partial charge in [0.15, 0.2) is 0 Å². The average Bonchev–Trinajstić information content (AvgIpc) is 2.10. The van der Waals surface area contributed by atoms with E-state index >= 15 is 0 Å². The molecule has 14 heavy (non-hydrogen) atoms. The van der Waals surface area contributed by atoms with Gasteiger partial charge in [-0.1, -0.05) is 26.0 Å². The van der Waals surface area contributed by atoms with E-state index in [0.29, 0.717) is 10.7 Å². The molecule has 0 unspecified atom stereocenters. The Morgan fingerprint density at radius 3 is 2.07 bits per heavy atom. The minimum absolute atomic E-state index is 0.225. The zero-order chi connectivity index (χ0) is 10.7. The van der Waals surface area contributed by atoms with Crippen LogP contribution in [0.5, 0.6) is 0 Å². The first-order valence-corrected chi connectivity index (χ1v) is 4.55. The lowest BCUT2D eigenvalue weighted by molar-refractivity contribution is 0.866. The zero-order valence-corrected chi connectivity index (χ0v) is 8.55. The molecule has 0 radical (unpaired) electrons. The largest absolute Gasteiger partial charge is 0.316 e. The summed E-state index contributed by atoms with van der Waals surface area (Å²) in [6.45, 7) is 5.58. The number of aromatic amines is 2. The third kappa shape index (κ3) is 2.22. The van der Waals surface area contributed by atoms with E-state index in [0.717, 1.165) is 0 Å². The number of hydrogen-bond donors (Lipinski definition) is 2. The van der Waals surface area contributed by atoms with Crippen LogP contribution in [0.25, 0.3) is 12.2 Å². The molecule has 0 saturated carbocycles. The van der Waals surface area contributed by atoms with Crippen LogP contribution in [0.15, 0.2) is 9.59 Å². The van der Waals surface area contributed by atoms with Crippen LogP contribution < -0.4 is 21.8 Å². The summed E-state index contributed by atoms with van der Waals surface area (Å²) >= 11 is 0. The fourth-order valence-corrected chi connectivity index (χ4v) is 1.15. The maximum Gasteiger partial charge on any atom is 0.271 e. The highest BCUT2D eigenvalue weighted by atomic mass is 16.1. The first kappa shape index (κ1) is 10.5. The highest BCUT2D eigenvalue weighted by Crippen LogP contribution is 1.88. The Hall–Kier alpha value is -1.58. The van der Waals surface area contributed by atoms with E-state index in [1.165, 1.54) is 0 Å². The molecule has 0 spiro atoms. The molecule has 1 heterocycles. The predicted molar refractivity (Wildman–Crippen MR) is 56.4 cm³/mol. The van der Waals surface area contributed by atoms with Gasteiger partial charge in [0, 0.05) is 0 Å². The Balaban J connectivity index is 3.62. The highest BCUT2D eigenvalue weighted by molar-refractivity contribution is 5.20. The van der Waals surface area contributed by atoms with Gasteiger partial charge in [0.1, 0.15) is 10.7 Å². The molecule has 0 fully saturated rings. The Kier molecular flexibility index (Phi) is 3.06. The van der Waals surface area contributed by atoms with Crippen molar-refractivity contribution in [3.63, 3.8) is 0 Å². The molecule has 1 aromatic rings. The second-order valence-electron chi connectivity index (χ2n) is 3.43. The highest BCUT2D eigenvalue weighted by Gasteiger charge is 1.94. The van der Waals surface area contributed by atoms with Crippen molar-refractivity contribution in [3.8, 4) is 0 Å². The molecule has 4 heteroatoms. The van der Waals surface area contributed by atoms with Crippen molar-refractivity contribution in [3.05, 3.63) is 31.4 Å². The van der Waals surface area contributed by atoms with Gasteiger partial charge in [-0.05, 0) is 12.8 Å². The van der Waals surface area contributed by atoms with Crippen LogP contribution in [-0.4, -0.2) is 9.97 Å². The number of rotatable bonds is 1. The van der Waals surface area contributed by atoms with Gasteiger partial charge in [-0.3, -0.25) is 9.59 Å². The van der Waals surface area contributed by atoms with Gasteiger partial charge in [0.2, 0.25) is 0 Å². The fraction of sp³-hybridized carbons (Fsp3) is 0.400. The van der Waals surface area contributed by atoms with Gasteiger partial charge in [-0.15, -0.1) is 0 Å². The molecule has 0 aliphatic heterocycles. The number of nitrogens with one attached hydrogen (secondary N) is 2. The van der Waals surface area contributed by atoms with Crippen molar-refractivity contribution in [2.24, 2.45) is 5.92 Å². The van der Waals surface area contributed by atoms with Crippen LogP contribution in [-0.2, 0) is 0 Å². The summed E-state index contributed by atoms with van der Waals surface area (Å²) in [6.07, 6.45) is 3.29. The molecule has 4 nitrogen and oxygen atoms in total. The summed E-state index contributed by atoms with van der Waals surface area (Å²) in [5.41, 5.74) is -0.523. The molecule has 0 amide bonds. The van der Waals surface area contributed by atoms with Crippen molar-refractivity contribution in [1.82, 2.24) is 9.97 Å². The molecule has 0 bridgehead atoms. The van der Waals surface area contributed by atoms with Gasteiger partial charge in [0.25, 0.3) is 11.1 Å². The van der Waals surface area contributed by atoms with Crippen molar-refractivity contribution in [2.45, 2.75) is 20.8 Å². The van der Waals surface area contributed by atoms with Crippen molar-refractivity contribution in [1.29, 1.82) is 0 Å². The normalized spacial score (nSPS) is 14.0. The summed E-state index contributed by atoms with van der Waals surface area (Å²) < 4.78 is 0. The predicted octanol–water partition coefficient (Wildman–Crippen LogP) is -0.700. The second-order valence-corrected chi connectivity index (χ2v) is 3.43. The van der Waals surface area contributed by atoms with Crippen LogP contribution in [0.3, 0.4) is 0 Å². The van der Waals surface area contributed by atoms with E-state index in [1.54, 1.807) is 19.1 Å². The molecule has 0 saturated heterocycles. The minimum Gasteiger partial charge on any atom is -0.316 e. The van der Waals surface area contributed by atoms with E-state index in [2.05, 4.69) is 9.97 Å². The number of aromatic nitrogens is 2. The summed E-state index contributed by atoms with van der Waals surface area (Å²) in [4.78, 5) is 27.8. The lowest BCUT2D eigenvalue weighted by atomic mass is 10.2. The molecule has 0 atom stereocenters. The fourth-order valence-electron chi connectivity index (χ4n) is 1.15. The molecule has 0 aliphatic rings. The van der Waals surface area contributed by atoms with E-state index in [1.807, 2.05) is 13.8 Å². The Labute approximate surface area is 81.0 Å². The van der Waals surface area contributed by atoms with E-state index in [-0.39, 0.29) is 17.0 Å². The van der Waals surface area contributed by atoms with Gasteiger partial charge >= 0.3 is 0 Å². The Morgan fingerprint density at radius 1 is 1.07 bits per heavy atom. The Bertz CT molecular complexity index is 534. The molecule has 1 aromatic heterocycles. The monoisotopic (exact) mass is 194 g/mol. The summed E-state index contributed by atoms with van der Waals surface area (Å²) in [5, 5.41) is 0.631. The molecule has 2 N–H and O–H groups in total. The quantitative estimate of drug-likeness (QED) is 0.621. The third-order valence-corrected chi connectivity index (χ3v) is 1.77. The van der Waals surface area contributed by atoms with Gasteiger partial charge < -0.3 is 9.97 Å². The third-order valence-electron chi connectivity index (χ3n) is 1.77. The number of hydrogen-bond acceptors (Lipinski definition) is 2. The van der Waals surface area contributed by atoms with Crippen molar-refractivity contribution < 1.29 is 0 Å². The summed E-state index contributed by atoms with van der Waals surface area (Å²) in [5.74, 6) is 0.225. The summed E-state index contributed by atoms with van der Waals surface area (Å²) in [7, 11) is 0. The zero-order valence-electron chi connectivity index (χ0n) is 8.55. The molecular weight excluding hydrogens is 180 g/mol. The Morgan fingerprint density at radius 2 is 1.57 bits per heavy atom. The second kappa shape index (κ2) is 4.09. The maximum absolute atomic E-state index is 11.4. The van der Waals surface area contributed by atoms with Gasteiger partial charge in [0.05, 0.1) is 0 Å². The molecule has 76 valence electrons. The maximum atomic E-state index is 11.4. The molecule has 0 aliphatic carbocycles.